The fourth-order valence-corrected chi connectivity index (χ4v) is 3.88. The Balaban J connectivity index is 1.92. The highest BCUT2D eigenvalue weighted by molar-refractivity contribution is 7.17. The van der Waals surface area contributed by atoms with E-state index in [2.05, 4.69) is 27.8 Å². The van der Waals surface area contributed by atoms with Gasteiger partial charge in [-0.1, -0.05) is 19.3 Å². The maximum absolute atomic E-state index is 6.22. The lowest BCUT2D eigenvalue weighted by Crippen LogP contribution is -2.42. The maximum Gasteiger partial charge on any atom is 0.135 e. The fourth-order valence-electron chi connectivity index (χ4n) is 2.77. The molecule has 2 aromatic heterocycles. The van der Waals surface area contributed by atoms with Crippen molar-refractivity contribution in [2.75, 3.05) is 11.2 Å². The molecule has 0 aromatic carbocycles. The van der Waals surface area contributed by atoms with Crippen LogP contribution in [0.2, 0.25) is 0 Å². The van der Waals surface area contributed by atoms with E-state index in [1.807, 2.05) is 6.20 Å². The Morgan fingerprint density at radius 2 is 2.11 bits per heavy atom. The van der Waals surface area contributed by atoms with E-state index >= 15 is 0 Å². The van der Waals surface area contributed by atoms with Gasteiger partial charge >= 0.3 is 0 Å². The SMILES string of the molecule is ClCC1(Nc2nccc3sccc23)CCCCC1. The second-order valence-electron chi connectivity index (χ2n) is 5.09. The molecule has 0 spiro atoms. The summed E-state index contributed by atoms with van der Waals surface area (Å²) >= 11 is 7.98. The maximum atomic E-state index is 6.22. The topological polar surface area (TPSA) is 24.9 Å². The lowest BCUT2D eigenvalue weighted by atomic mass is 9.83. The normalized spacial score (nSPS) is 18.9. The number of fused-ring (bicyclic) bond motifs is 1. The second-order valence-corrected chi connectivity index (χ2v) is 6.31. The van der Waals surface area contributed by atoms with E-state index in [9.17, 15) is 0 Å². The fraction of sp³-hybridized carbons (Fsp3) is 0.500. The number of anilines is 1. The minimum Gasteiger partial charge on any atom is -0.363 e. The predicted octanol–water partition coefficient (Wildman–Crippen LogP) is 4.65. The molecule has 2 aromatic rings. The molecule has 1 fully saturated rings. The third kappa shape index (κ3) is 2.21. The number of hydrogen-bond donors (Lipinski definition) is 1. The summed E-state index contributed by atoms with van der Waals surface area (Å²) in [7, 11) is 0. The van der Waals surface area contributed by atoms with Crippen molar-refractivity contribution < 1.29 is 0 Å². The molecule has 2 heterocycles. The molecule has 2 nitrogen and oxygen atoms in total. The Hall–Kier alpha value is -0.800. The highest BCUT2D eigenvalue weighted by Gasteiger charge is 2.31. The van der Waals surface area contributed by atoms with E-state index < -0.39 is 0 Å². The van der Waals surface area contributed by atoms with Crippen LogP contribution in [0.5, 0.6) is 0 Å². The van der Waals surface area contributed by atoms with Gasteiger partial charge in [0.1, 0.15) is 5.82 Å². The van der Waals surface area contributed by atoms with Crippen molar-refractivity contribution in [3.63, 3.8) is 0 Å². The molecule has 3 rings (SSSR count). The van der Waals surface area contributed by atoms with Crippen LogP contribution in [0.15, 0.2) is 23.7 Å². The molecule has 0 aliphatic heterocycles. The van der Waals surface area contributed by atoms with Crippen molar-refractivity contribution in [2.24, 2.45) is 0 Å². The molecule has 0 bridgehead atoms. The summed E-state index contributed by atoms with van der Waals surface area (Å²) in [6.45, 7) is 0. The quantitative estimate of drug-likeness (QED) is 0.828. The molecule has 0 saturated heterocycles. The molecule has 0 atom stereocenters. The van der Waals surface area contributed by atoms with Crippen LogP contribution in [0.1, 0.15) is 32.1 Å². The Labute approximate surface area is 116 Å². The highest BCUT2D eigenvalue weighted by atomic mass is 35.5. The van der Waals surface area contributed by atoms with Crippen LogP contribution in [0.25, 0.3) is 10.1 Å². The summed E-state index contributed by atoms with van der Waals surface area (Å²) in [6, 6.07) is 4.21. The van der Waals surface area contributed by atoms with Gasteiger partial charge in [0.2, 0.25) is 0 Å². The van der Waals surface area contributed by atoms with E-state index in [1.54, 1.807) is 11.3 Å². The summed E-state index contributed by atoms with van der Waals surface area (Å²) in [5.74, 6) is 1.66. The minimum absolute atomic E-state index is 0.0447. The first-order valence-electron chi connectivity index (χ1n) is 6.49. The van der Waals surface area contributed by atoms with Gasteiger partial charge in [-0.2, -0.15) is 0 Å². The molecule has 4 heteroatoms. The van der Waals surface area contributed by atoms with Gasteiger partial charge in [-0.15, -0.1) is 22.9 Å². The number of nitrogens with one attached hydrogen (secondary N) is 1. The second kappa shape index (κ2) is 5.06. The largest absolute Gasteiger partial charge is 0.363 e. The van der Waals surface area contributed by atoms with Gasteiger partial charge in [0, 0.05) is 22.2 Å². The van der Waals surface area contributed by atoms with E-state index in [0.717, 1.165) is 18.7 Å². The third-order valence-corrected chi connectivity index (χ3v) is 5.22. The van der Waals surface area contributed by atoms with Gasteiger partial charge in [-0.3, -0.25) is 0 Å². The van der Waals surface area contributed by atoms with Crippen molar-refractivity contribution in [3.8, 4) is 0 Å². The van der Waals surface area contributed by atoms with E-state index in [0.29, 0.717) is 5.88 Å². The average molecular weight is 281 g/mol. The number of nitrogens with zero attached hydrogens (tertiary/aromatic N) is 1. The first kappa shape index (κ1) is 12.2. The first-order valence-corrected chi connectivity index (χ1v) is 7.91. The molecule has 0 amide bonds. The van der Waals surface area contributed by atoms with Crippen LogP contribution in [0.3, 0.4) is 0 Å². The van der Waals surface area contributed by atoms with Gasteiger partial charge in [0.25, 0.3) is 0 Å². The first-order chi connectivity index (χ1) is 8.83. The molecule has 18 heavy (non-hydrogen) atoms. The Morgan fingerprint density at radius 3 is 2.89 bits per heavy atom. The Morgan fingerprint density at radius 1 is 1.28 bits per heavy atom. The van der Waals surface area contributed by atoms with E-state index in [1.165, 1.54) is 29.3 Å². The van der Waals surface area contributed by atoms with Crippen LogP contribution in [-0.2, 0) is 0 Å². The van der Waals surface area contributed by atoms with Gasteiger partial charge in [0.05, 0.1) is 5.54 Å². The smallest absolute Gasteiger partial charge is 0.135 e. The monoisotopic (exact) mass is 280 g/mol. The molecule has 1 aliphatic rings. The van der Waals surface area contributed by atoms with Gasteiger partial charge in [-0.05, 0) is 30.4 Å². The minimum atomic E-state index is 0.0447. The van der Waals surface area contributed by atoms with Crippen LogP contribution in [-0.4, -0.2) is 16.4 Å². The van der Waals surface area contributed by atoms with Gasteiger partial charge in [0.15, 0.2) is 0 Å². The lowest BCUT2D eigenvalue weighted by molar-refractivity contribution is 0.353. The van der Waals surface area contributed by atoms with Gasteiger partial charge < -0.3 is 5.32 Å². The number of rotatable bonds is 3. The summed E-state index contributed by atoms with van der Waals surface area (Å²) in [6.07, 6.45) is 8.04. The van der Waals surface area contributed by atoms with Crippen LogP contribution >= 0.6 is 22.9 Å². The Bertz CT molecular complexity index is 531. The molecule has 1 aliphatic carbocycles. The van der Waals surface area contributed by atoms with Gasteiger partial charge in [-0.25, -0.2) is 4.98 Å². The number of pyridine rings is 1. The highest BCUT2D eigenvalue weighted by Crippen LogP contribution is 2.35. The summed E-state index contributed by atoms with van der Waals surface area (Å²) in [5, 5.41) is 6.97. The number of hydrogen-bond acceptors (Lipinski definition) is 3. The van der Waals surface area contributed by atoms with Crippen molar-refractivity contribution in [2.45, 2.75) is 37.6 Å². The third-order valence-electron chi connectivity index (χ3n) is 3.83. The molecule has 1 saturated carbocycles. The van der Waals surface area contributed by atoms with Crippen molar-refractivity contribution in [1.29, 1.82) is 0 Å². The number of halogens is 1. The number of thiophene rings is 1. The predicted molar refractivity (Wildman–Crippen MR) is 79.8 cm³/mol. The zero-order chi connectivity index (χ0) is 12.4. The molecule has 0 unspecified atom stereocenters. The molecule has 96 valence electrons. The number of alkyl halides is 1. The van der Waals surface area contributed by atoms with Crippen molar-refractivity contribution in [1.82, 2.24) is 4.98 Å². The molecule has 0 radical (unpaired) electrons. The lowest BCUT2D eigenvalue weighted by Gasteiger charge is -2.37. The zero-order valence-electron chi connectivity index (χ0n) is 10.3. The Kier molecular flexibility index (Phi) is 3.44. The molecule has 1 N–H and O–H groups in total. The molecular weight excluding hydrogens is 264 g/mol. The number of aromatic nitrogens is 1. The summed E-state index contributed by atoms with van der Waals surface area (Å²) in [5.41, 5.74) is 0.0447. The van der Waals surface area contributed by atoms with Crippen LogP contribution in [0, 0.1) is 0 Å². The molecular formula is C14H17ClN2S. The summed E-state index contributed by atoms with van der Waals surface area (Å²) < 4.78 is 1.29. The van der Waals surface area contributed by atoms with Crippen molar-refractivity contribution in [3.05, 3.63) is 23.7 Å². The summed E-state index contributed by atoms with van der Waals surface area (Å²) in [4.78, 5) is 4.50. The van der Waals surface area contributed by atoms with E-state index in [-0.39, 0.29) is 5.54 Å². The van der Waals surface area contributed by atoms with E-state index in [4.69, 9.17) is 11.6 Å². The zero-order valence-corrected chi connectivity index (χ0v) is 11.9. The standard InChI is InChI=1S/C14H17ClN2S/c15-10-14(6-2-1-3-7-14)17-13-11-5-9-18-12(11)4-8-16-13/h4-5,8-9H,1-3,6-7,10H2,(H,16,17). The van der Waals surface area contributed by atoms with Crippen LogP contribution in [0.4, 0.5) is 5.82 Å². The van der Waals surface area contributed by atoms with Crippen LogP contribution < -0.4 is 5.32 Å². The van der Waals surface area contributed by atoms with Crippen molar-refractivity contribution >= 4 is 38.8 Å². The average Bonchev–Trinajstić information content (AvgIpc) is 2.89.